The van der Waals surface area contributed by atoms with Crippen LogP contribution in [0.3, 0.4) is 0 Å². The summed E-state index contributed by atoms with van der Waals surface area (Å²) in [6, 6.07) is 8.73. The van der Waals surface area contributed by atoms with Gasteiger partial charge in [-0.15, -0.1) is 0 Å². The van der Waals surface area contributed by atoms with Crippen LogP contribution in [-0.4, -0.2) is 29.3 Å². The third kappa shape index (κ3) is 8.53. The summed E-state index contributed by atoms with van der Waals surface area (Å²) in [5.41, 5.74) is 9.89. The van der Waals surface area contributed by atoms with Gasteiger partial charge in [0.15, 0.2) is 0 Å². The standard InChI is InChI=1S/C17H25NO.C2H4O2/c18-13-17-9-7-16(8-10-17)12-15-5-3-14(4-6-15)2-1-11-19;1-2(3)4/h3-6,12,17,19H,1-2,7-11,13,18H2;1H3,(H,3,4). The minimum Gasteiger partial charge on any atom is -0.481 e. The molecule has 0 saturated heterocycles. The van der Waals surface area contributed by atoms with E-state index in [1.807, 2.05) is 0 Å². The van der Waals surface area contributed by atoms with Crippen LogP contribution in [0.2, 0.25) is 0 Å². The van der Waals surface area contributed by atoms with Gasteiger partial charge in [0.25, 0.3) is 5.97 Å². The van der Waals surface area contributed by atoms with Crippen LogP contribution in [0, 0.1) is 5.92 Å². The van der Waals surface area contributed by atoms with Gasteiger partial charge in [-0.3, -0.25) is 4.79 Å². The van der Waals surface area contributed by atoms with Crippen molar-refractivity contribution < 1.29 is 15.0 Å². The molecular formula is C19H29NO3. The van der Waals surface area contributed by atoms with Crippen molar-refractivity contribution in [1.82, 2.24) is 0 Å². The van der Waals surface area contributed by atoms with E-state index in [0.717, 1.165) is 32.2 Å². The SMILES string of the molecule is CC(=O)O.NCC1CCC(=Cc2ccc(CCCO)cc2)CC1. The van der Waals surface area contributed by atoms with Crippen molar-refractivity contribution in [2.75, 3.05) is 13.2 Å². The van der Waals surface area contributed by atoms with Crippen molar-refractivity contribution >= 4 is 12.0 Å². The molecule has 1 aromatic rings. The quantitative estimate of drug-likeness (QED) is 0.778. The summed E-state index contributed by atoms with van der Waals surface area (Å²) in [4.78, 5) is 9.00. The summed E-state index contributed by atoms with van der Waals surface area (Å²) in [6.45, 7) is 2.20. The lowest BCUT2D eigenvalue weighted by atomic mass is 9.85. The normalized spacial score (nSPS) is 17.2. The minimum absolute atomic E-state index is 0.272. The Labute approximate surface area is 139 Å². The van der Waals surface area contributed by atoms with Gasteiger partial charge in [-0.05, 0) is 62.1 Å². The third-order valence-electron chi connectivity index (χ3n) is 4.05. The van der Waals surface area contributed by atoms with E-state index in [-0.39, 0.29) is 6.61 Å². The highest BCUT2D eigenvalue weighted by Gasteiger charge is 2.14. The molecule has 0 spiro atoms. The number of carbonyl (C=O) groups is 1. The van der Waals surface area contributed by atoms with Crippen molar-refractivity contribution in [3.8, 4) is 0 Å². The third-order valence-corrected chi connectivity index (χ3v) is 4.05. The van der Waals surface area contributed by atoms with Crippen LogP contribution in [-0.2, 0) is 11.2 Å². The number of allylic oxidation sites excluding steroid dienone is 1. The summed E-state index contributed by atoms with van der Waals surface area (Å²) in [5, 5.41) is 16.2. The van der Waals surface area contributed by atoms with E-state index in [1.165, 1.54) is 36.8 Å². The van der Waals surface area contributed by atoms with Crippen molar-refractivity contribution in [2.45, 2.75) is 45.4 Å². The Balaban J connectivity index is 0.000000593. The monoisotopic (exact) mass is 319 g/mol. The highest BCUT2D eigenvalue weighted by Crippen LogP contribution is 2.28. The Morgan fingerprint density at radius 2 is 1.83 bits per heavy atom. The van der Waals surface area contributed by atoms with Crippen molar-refractivity contribution in [1.29, 1.82) is 0 Å². The van der Waals surface area contributed by atoms with E-state index in [1.54, 1.807) is 5.57 Å². The lowest BCUT2D eigenvalue weighted by Gasteiger charge is -2.22. The molecule has 4 nitrogen and oxygen atoms in total. The Morgan fingerprint density at radius 1 is 1.26 bits per heavy atom. The molecular weight excluding hydrogens is 290 g/mol. The summed E-state index contributed by atoms with van der Waals surface area (Å²) in [7, 11) is 0. The van der Waals surface area contributed by atoms with Gasteiger partial charge in [0.1, 0.15) is 0 Å². The molecule has 2 rings (SSSR count). The second-order valence-electron chi connectivity index (χ2n) is 6.07. The van der Waals surface area contributed by atoms with Gasteiger partial charge in [0.05, 0.1) is 0 Å². The summed E-state index contributed by atoms with van der Waals surface area (Å²) >= 11 is 0. The first-order valence-corrected chi connectivity index (χ1v) is 8.34. The van der Waals surface area contributed by atoms with Crippen LogP contribution in [0.4, 0.5) is 0 Å². The maximum atomic E-state index is 9.00. The molecule has 1 aliphatic rings. The highest BCUT2D eigenvalue weighted by atomic mass is 16.4. The number of hydrogen-bond acceptors (Lipinski definition) is 3. The number of nitrogens with two attached hydrogens (primary N) is 1. The molecule has 0 atom stereocenters. The van der Waals surface area contributed by atoms with Crippen molar-refractivity contribution in [3.05, 3.63) is 41.0 Å². The fourth-order valence-electron chi connectivity index (χ4n) is 2.73. The van der Waals surface area contributed by atoms with E-state index in [0.29, 0.717) is 0 Å². The fraction of sp³-hybridized carbons (Fsp3) is 0.526. The van der Waals surface area contributed by atoms with E-state index in [9.17, 15) is 0 Å². The van der Waals surface area contributed by atoms with Crippen LogP contribution < -0.4 is 5.73 Å². The molecule has 0 heterocycles. The summed E-state index contributed by atoms with van der Waals surface area (Å²) in [5.74, 6) is -0.0991. The molecule has 0 radical (unpaired) electrons. The molecule has 23 heavy (non-hydrogen) atoms. The van der Waals surface area contributed by atoms with Crippen molar-refractivity contribution in [2.24, 2.45) is 11.7 Å². The first-order valence-electron chi connectivity index (χ1n) is 8.34. The van der Waals surface area contributed by atoms with Crippen LogP contribution in [0.25, 0.3) is 6.08 Å². The number of aryl methyl sites for hydroxylation is 1. The maximum Gasteiger partial charge on any atom is 0.300 e. The summed E-state index contributed by atoms with van der Waals surface area (Å²) in [6.07, 6.45) is 9.05. The maximum absolute atomic E-state index is 9.00. The van der Waals surface area contributed by atoms with E-state index in [4.69, 9.17) is 20.7 Å². The van der Waals surface area contributed by atoms with Gasteiger partial charge in [0, 0.05) is 13.5 Å². The predicted octanol–water partition coefficient (Wildman–Crippen LogP) is 3.23. The molecule has 0 amide bonds. The Hall–Kier alpha value is -1.65. The van der Waals surface area contributed by atoms with Crippen LogP contribution in [0.1, 0.15) is 50.2 Å². The molecule has 1 fully saturated rings. The van der Waals surface area contributed by atoms with E-state index < -0.39 is 5.97 Å². The Bertz CT molecular complexity index is 480. The average molecular weight is 319 g/mol. The number of carboxylic acids is 1. The highest BCUT2D eigenvalue weighted by molar-refractivity contribution is 5.63. The van der Waals surface area contributed by atoms with Gasteiger partial charge >= 0.3 is 0 Å². The largest absolute Gasteiger partial charge is 0.481 e. The van der Waals surface area contributed by atoms with Crippen LogP contribution in [0.15, 0.2) is 29.8 Å². The first kappa shape index (κ1) is 19.4. The minimum atomic E-state index is -0.833. The lowest BCUT2D eigenvalue weighted by Crippen LogP contribution is -2.17. The molecule has 1 aliphatic carbocycles. The molecule has 0 unspecified atom stereocenters. The van der Waals surface area contributed by atoms with Gasteiger partial charge in [0.2, 0.25) is 0 Å². The number of aliphatic hydroxyl groups excluding tert-OH is 1. The molecule has 1 saturated carbocycles. The van der Waals surface area contributed by atoms with Crippen LogP contribution in [0.5, 0.6) is 0 Å². The second kappa shape index (κ2) is 11.0. The molecule has 0 aliphatic heterocycles. The smallest absolute Gasteiger partial charge is 0.300 e. The van der Waals surface area contributed by atoms with Crippen molar-refractivity contribution in [3.63, 3.8) is 0 Å². The van der Waals surface area contributed by atoms with Gasteiger partial charge in [-0.2, -0.15) is 0 Å². The lowest BCUT2D eigenvalue weighted by molar-refractivity contribution is -0.134. The molecule has 4 N–H and O–H groups in total. The molecule has 0 aromatic heterocycles. The second-order valence-corrected chi connectivity index (χ2v) is 6.07. The zero-order chi connectivity index (χ0) is 17.1. The van der Waals surface area contributed by atoms with E-state index in [2.05, 4.69) is 30.3 Å². The predicted molar refractivity (Wildman–Crippen MR) is 94.1 cm³/mol. The Kier molecular flexibility index (Phi) is 9.25. The fourth-order valence-corrected chi connectivity index (χ4v) is 2.73. The summed E-state index contributed by atoms with van der Waals surface area (Å²) < 4.78 is 0. The average Bonchev–Trinajstić information content (AvgIpc) is 2.54. The van der Waals surface area contributed by atoms with Gasteiger partial charge < -0.3 is 15.9 Å². The number of hydrogen-bond donors (Lipinski definition) is 3. The zero-order valence-corrected chi connectivity index (χ0v) is 14.0. The Morgan fingerprint density at radius 3 is 2.30 bits per heavy atom. The topological polar surface area (TPSA) is 83.5 Å². The molecule has 128 valence electrons. The molecule has 0 bridgehead atoms. The van der Waals surface area contributed by atoms with Gasteiger partial charge in [-0.1, -0.05) is 35.9 Å². The van der Waals surface area contributed by atoms with Crippen LogP contribution >= 0.6 is 0 Å². The van der Waals surface area contributed by atoms with E-state index >= 15 is 0 Å². The first-order chi connectivity index (χ1) is 11.0. The number of aliphatic carboxylic acids is 1. The number of aliphatic hydroxyl groups is 1. The molecule has 4 heteroatoms. The number of carboxylic acid groups (broad SMARTS) is 1. The zero-order valence-electron chi connectivity index (χ0n) is 14.0. The number of benzene rings is 1. The van der Waals surface area contributed by atoms with Gasteiger partial charge in [-0.25, -0.2) is 0 Å². The number of rotatable bonds is 5. The molecule has 1 aromatic carbocycles.